The summed E-state index contributed by atoms with van der Waals surface area (Å²) < 4.78 is 35.5. The molecule has 1 aliphatic heterocycles. The summed E-state index contributed by atoms with van der Waals surface area (Å²) in [6, 6.07) is 4.08. The maximum atomic E-state index is 12.6. The van der Waals surface area contributed by atoms with Crippen LogP contribution < -0.4 is 20.1 Å². The van der Waals surface area contributed by atoms with E-state index in [-0.39, 0.29) is 30.4 Å². The molecule has 0 aromatic heterocycles. The molecule has 1 aliphatic carbocycles. The lowest BCUT2D eigenvalue weighted by atomic mass is 9.97. The SMILES string of the molecule is O=C1CC[C@@H](C(=O)Nc2ccc(OC(F)F)c(OC3CCCC3)c2)C(=O)N1. The van der Waals surface area contributed by atoms with Crippen LogP contribution in [0.5, 0.6) is 11.5 Å². The van der Waals surface area contributed by atoms with Crippen molar-refractivity contribution in [1.82, 2.24) is 5.32 Å². The van der Waals surface area contributed by atoms with E-state index in [1.54, 1.807) is 0 Å². The third-order valence-corrected chi connectivity index (χ3v) is 4.58. The monoisotopic (exact) mass is 382 g/mol. The van der Waals surface area contributed by atoms with Crippen molar-refractivity contribution in [2.75, 3.05) is 5.32 Å². The number of hydrogen-bond acceptors (Lipinski definition) is 5. The van der Waals surface area contributed by atoms with Gasteiger partial charge in [0.05, 0.1) is 6.10 Å². The van der Waals surface area contributed by atoms with Crippen LogP contribution in [0, 0.1) is 5.92 Å². The van der Waals surface area contributed by atoms with E-state index in [2.05, 4.69) is 15.4 Å². The molecule has 1 saturated heterocycles. The summed E-state index contributed by atoms with van der Waals surface area (Å²) in [5, 5.41) is 4.69. The van der Waals surface area contributed by atoms with E-state index in [1.807, 2.05) is 0 Å². The van der Waals surface area contributed by atoms with E-state index in [0.717, 1.165) is 25.7 Å². The second kappa shape index (κ2) is 8.32. The van der Waals surface area contributed by atoms with Gasteiger partial charge < -0.3 is 14.8 Å². The van der Waals surface area contributed by atoms with E-state index < -0.39 is 30.3 Å². The highest BCUT2D eigenvalue weighted by Gasteiger charge is 2.32. The molecule has 1 atom stereocenters. The molecular formula is C18H20F2N2O5. The molecule has 1 aromatic rings. The first kappa shape index (κ1) is 19.1. The van der Waals surface area contributed by atoms with Crippen molar-refractivity contribution in [2.45, 2.75) is 51.2 Å². The van der Waals surface area contributed by atoms with Crippen LogP contribution in [-0.2, 0) is 14.4 Å². The van der Waals surface area contributed by atoms with Crippen LogP contribution in [0.1, 0.15) is 38.5 Å². The number of alkyl halides is 2. The van der Waals surface area contributed by atoms with Gasteiger partial charge in [0.15, 0.2) is 11.5 Å². The van der Waals surface area contributed by atoms with Crippen LogP contribution in [0.2, 0.25) is 0 Å². The Morgan fingerprint density at radius 1 is 1.15 bits per heavy atom. The summed E-state index contributed by atoms with van der Waals surface area (Å²) in [7, 11) is 0. The van der Waals surface area contributed by atoms with Crippen LogP contribution in [0.25, 0.3) is 0 Å². The molecule has 27 heavy (non-hydrogen) atoms. The summed E-state index contributed by atoms with van der Waals surface area (Å²) in [5.74, 6) is -2.62. The van der Waals surface area contributed by atoms with Gasteiger partial charge in [-0.05, 0) is 44.2 Å². The predicted octanol–water partition coefficient (Wildman–Crippen LogP) is 2.60. The Bertz CT molecular complexity index is 734. The predicted molar refractivity (Wildman–Crippen MR) is 90.5 cm³/mol. The van der Waals surface area contributed by atoms with Crippen molar-refractivity contribution in [3.63, 3.8) is 0 Å². The average molecular weight is 382 g/mol. The fourth-order valence-corrected chi connectivity index (χ4v) is 3.23. The molecule has 2 aliphatic rings. The number of piperidine rings is 1. The van der Waals surface area contributed by atoms with Gasteiger partial charge in [-0.2, -0.15) is 8.78 Å². The summed E-state index contributed by atoms with van der Waals surface area (Å²) >= 11 is 0. The van der Waals surface area contributed by atoms with Gasteiger partial charge in [0.2, 0.25) is 17.7 Å². The zero-order valence-electron chi connectivity index (χ0n) is 14.5. The van der Waals surface area contributed by atoms with Crippen molar-refractivity contribution >= 4 is 23.4 Å². The second-order valence-electron chi connectivity index (χ2n) is 6.56. The highest BCUT2D eigenvalue weighted by molar-refractivity contribution is 6.12. The van der Waals surface area contributed by atoms with E-state index in [1.165, 1.54) is 18.2 Å². The molecule has 2 N–H and O–H groups in total. The van der Waals surface area contributed by atoms with Crippen molar-refractivity contribution in [2.24, 2.45) is 5.92 Å². The number of carbonyl (C=O) groups excluding carboxylic acids is 3. The lowest BCUT2D eigenvalue weighted by Gasteiger charge is -2.21. The standard InChI is InChI=1S/C18H20F2N2O5/c19-18(20)27-13-7-5-10(9-14(13)26-11-3-1-2-4-11)21-16(24)12-6-8-15(23)22-17(12)25/h5,7,9,11-12,18H,1-4,6,8H2,(H,21,24)(H,22,23,25)/t12-/m0/s1. The zero-order valence-corrected chi connectivity index (χ0v) is 14.5. The topological polar surface area (TPSA) is 93.7 Å². The third kappa shape index (κ3) is 4.93. The smallest absolute Gasteiger partial charge is 0.387 e. The Kier molecular flexibility index (Phi) is 5.88. The Morgan fingerprint density at radius 3 is 2.56 bits per heavy atom. The van der Waals surface area contributed by atoms with E-state index >= 15 is 0 Å². The molecule has 3 amide bonds. The molecule has 1 heterocycles. The summed E-state index contributed by atoms with van der Waals surface area (Å²) in [4.78, 5) is 35.3. The maximum absolute atomic E-state index is 12.6. The molecule has 7 nitrogen and oxygen atoms in total. The fraction of sp³-hybridized carbons (Fsp3) is 0.500. The molecule has 1 saturated carbocycles. The highest BCUT2D eigenvalue weighted by atomic mass is 19.3. The number of carbonyl (C=O) groups is 3. The maximum Gasteiger partial charge on any atom is 0.387 e. The van der Waals surface area contributed by atoms with E-state index in [4.69, 9.17) is 4.74 Å². The second-order valence-corrected chi connectivity index (χ2v) is 6.56. The van der Waals surface area contributed by atoms with Gasteiger partial charge in [0.25, 0.3) is 0 Å². The number of hydrogen-bond donors (Lipinski definition) is 2. The number of ether oxygens (including phenoxy) is 2. The number of imide groups is 1. The molecule has 0 bridgehead atoms. The van der Waals surface area contributed by atoms with Crippen molar-refractivity contribution < 1.29 is 32.6 Å². The van der Waals surface area contributed by atoms with Crippen LogP contribution in [-0.4, -0.2) is 30.4 Å². The number of amides is 3. The summed E-state index contributed by atoms with van der Waals surface area (Å²) in [6.45, 7) is -3.00. The minimum atomic E-state index is -3.00. The van der Waals surface area contributed by atoms with Gasteiger partial charge in [-0.1, -0.05) is 0 Å². The normalized spacial score (nSPS) is 20.5. The Balaban J connectivity index is 1.73. The molecule has 0 spiro atoms. The summed E-state index contributed by atoms with van der Waals surface area (Å²) in [6.07, 6.45) is 3.76. The number of anilines is 1. The quantitative estimate of drug-likeness (QED) is 0.583. The lowest BCUT2D eigenvalue weighted by Crippen LogP contribution is -2.45. The third-order valence-electron chi connectivity index (χ3n) is 4.58. The van der Waals surface area contributed by atoms with Crippen molar-refractivity contribution in [1.29, 1.82) is 0 Å². The van der Waals surface area contributed by atoms with Gasteiger partial charge in [-0.25, -0.2) is 0 Å². The Labute approximate surface area is 154 Å². The zero-order chi connectivity index (χ0) is 19.4. The van der Waals surface area contributed by atoms with E-state index in [9.17, 15) is 23.2 Å². The average Bonchev–Trinajstić information content (AvgIpc) is 3.09. The van der Waals surface area contributed by atoms with Crippen LogP contribution in [0.4, 0.5) is 14.5 Å². The molecule has 2 fully saturated rings. The molecule has 0 radical (unpaired) electrons. The Morgan fingerprint density at radius 2 is 1.89 bits per heavy atom. The van der Waals surface area contributed by atoms with Crippen molar-refractivity contribution in [3.05, 3.63) is 18.2 Å². The fourth-order valence-electron chi connectivity index (χ4n) is 3.23. The number of benzene rings is 1. The summed E-state index contributed by atoms with van der Waals surface area (Å²) in [5.41, 5.74) is 0.291. The number of nitrogens with one attached hydrogen (secondary N) is 2. The molecule has 9 heteroatoms. The molecule has 1 aromatic carbocycles. The first-order valence-electron chi connectivity index (χ1n) is 8.82. The number of rotatable bonds is 6. The first-order chi connectivity index (χ1) is 12.9. The Hall–Kier alpha value is -2.71. The van der Waals surface area contributed by atoms with Gasteiger partial charge in [-0.15, -0.1) is 0 Å². The van der Waals surface area contributed by atoms with E-state index in [0.29, 0.717) is 5.69 Å². The van der Waals surface area contributed by atoms with Gasteiger partial charge in [0.1, 0.15) is 5.92 Å². The minimum Gasteiger partial charge on any atom is -0.486 e. The first-order valence-corrected chi connectivity index (χ1v) is 8.82. The number of halogens is 2. The van der Waals surface area contributed by atoms with Crippen LogP contribution >= 0.6 is 0 Å². The largest absolute Gasteiger partial charge is 0.486 e. The molecule has 3 rings (SSSR count). The van der Waals surface area contributed by atoms with Gasteiger partial charge in [-0.3, -0.25) is 19.7 Å². The van der Waals surface area contributed by atoms with Gasteiger partial charge >= 0.3 is 6.61 Å². The molecule has 0 unspecified atom stereocenters. The van der Waals surface area contributed by atoms with Gasteiger partial charge in [0, 0.05) is 18.2 Å². The van der Waals surface area contributed by atoms with Crippen LogP contribution in [0.3, 0.4) is 0 Å². The molecular weight excluding hydrogens is 362 g/mol. The molecule has 146 valence electrons. The van der Waals surface area contributed by atoms with Crippen LogP contribution in [0.15, 0.2) is 18.2 Å². The lowest BCUT2D eigenvalue weighted by molar-refractivity contribution is -0.139. The highest BCUT2D eigenvalue weighted by Crippen LogP contribution is 2.35. The van der Waals surface area contributed by atoms with Crippen molar-refractivity contribution in [3.8, 4) is 11.5 Å². The minimum absolute atomic E-state index is 0.0844.